The molecule has 5 nitrogen and oxygen atoms in total. The summed E-state index contributed by atoms with van der Waals surface area (Å²) in [5.74, 6) is 0.143. The number of rotatable bonds is 6. The fourth-order valence-electron chi connectivity index (χ4n) is 5.66. The molecule has 0 saturated carbocycles. The van der Waals surface area contributed by atoms with Crippen LogP contribution in [-0.4, -0.2) is 11.9 Å². The molecule has 0 N–H and O–H groups in total. The third kappa shape index (κ3) is 4.43. The molecule has 2 atom stereocenters. The highest BCUT2D eigenvalue weighted by molar-refractivity contribution is 5.91. The first-order chi connectivity index (χ1) is 18.8. The van der Waals surface area contributed by atoms with Crippen molar-refractivity contribution < 1.29 is 23.8 Å². The van der Waals surface area contributed by atoms with Gasteiger partial charge < -0.3 is 14.2 Å². The van der Waals surface area contributed by atoms with Crippen molar-refractivity contribution in [2.45, 2.75) is 52.7 Å². The van der Waals surface area contributed by atoms with Crippen molar-refractivity contribution in [2.24, 2.45) is 0 Å². The van der Waals surface area contributed by atoms with E-state index in [1.807, 2.05) is 100 Å². The van der Waals surface area contributed by atoms with Gasteiger partial charge in [0.1, 0.15) is 23.3 Å². The van der Waals surface area contributed by atoms with Crippen molar-refractivity contribution in [3.8, 4) is 11.5 Å². The molecule has 0 aromatic heterocycles. The lowest BCUT2D eigenvalue weighted by atomic mass is 9.88. The predicted octanol–water partition coefficient (Wildman–Crippen LogP) is 6.74. The second kappa shape index (κ2) is 9.83. The summed E-state index contributed by atoms with van der Waals surface area (Å²) in [6, 6.07) is 24.0. The molecule has 2 aliphatic heterocycles. The molecule has 6 rings (SSSR count). The predicted molar refractivity (Wildman–Crippen MR) is 148 cm³/mol. The summed E-state index contributed by atoms with van der Waals surface area (Å²) >= 11 is 0. The van der Waals surface area contributed by atoms with Crippen LogP contribution in [0.4, 0.5) is 0 Å². The minimum absolute atomic E-state index is 0.227. The van der Waals surface area contributed by atoms with Gasteiger partial charge in [-0.3, -0.25) is 9.59 Å². The van der Waals surface area contributed by atoms with Crippen LogP contribution < -0.4 is 9.47 Å². The summed E-state index contributed by atoms with van der Waals surface area (Å²) in [6.45, 7) is 8.86. The zero-order chi connectivity index (χ0) is 27.3. The third-order valence-corrected chi connectivity index (χ3v) is 7.84. The number of fused-ring (bicyclic) bond motifs is 2. The smallest absolute Gasteiger partial charge is 0.323 e. The van der Waals surface area contributed by atoms with Gasteiger partial charge in [0.25, 0.3) is 0 Å². The number of benzene rings is 4. The zero-order valence-electron chi connectivity index (χ0n) is 22.5. The van der Waals surface area contributed by atoms with Gasteiger partial charge in [-0.25, -0.2) is 0 Å². The van der Waals surface area contributed by atoms with Crippen molar-refractivity contribution in [2.75, 3.05) is 0 Å². The first-order valence-electron chi connectivity index (χ1n) is 13.2. The number of carbonyl (C=O) groups excluding carboxylic acids is 2. The van der Waals surface area contributed by atoms with E-state index in [1.165, 1.54) is 0 Å². The Bertz CT molecular complexity index is 1480. The second-order valence-electron chi connectivity index (χ2n) is 10.6. The molecule has 2 unspecified atom stereocenters. The highest BCUT2D eigenvalue weighted by Crippen LogP contribution is 2.44. The first-order valence-corrected chi connectivity index (χ1v) is 13.2. The molecule has 39 heavy (non-hydrogen) atoms. The Morgan fingerprint density at radius 1 is 0.538 bits per heavy atom. The van der Waals surface area contributed by atoms with E-state index in [0.29, 0.717) is 24.7 Å². The van der Waals surface area contributed by atoms with Crippen LogP contribution in [0.15, 0.2) is 72.8 Å². The molecule has 2 aliphatic rings. The third-order valence-electron chi connectivity index (χ3n) is 7.84. The summed E-state index contributed by atoms with van der Waals surface area (Å²) in [5.41, 5.74) is 9.89. The highest BCUT2D eigenvalue weighted by Gasteiger charge is 2.37. The van der Waals surface area contributed by atoms with Crippen LogP contribution in [0.2, 0.25) is 0 Å². The van der Waals surface area contributed by atoms with Gasteiger partial charge >= 0.3 is 11.9 Å². The largest absolute Gasteiger partial charge is 0.425 e. The molecule has 0 bridgehead atoms. The Labute approximate surface area is 228 Å². The molecule has 4 aromatic rings. The quantitative estimate of drug-likeness (QED) is 0.209. The van der Waals surface area contributed by atoms with Crippen LogP contribution in [0.5, 0.6) is 11.5 Å². The maximum atomic E-state index is 12.7. The second-order valence-corrected chi connectivity index (χ2v) is 10.6. The lowest BCUT2D eigenvalue weighted by molar-refractivity contribution is -0.134. The fourth-order valence-corrected chi connectivity index (χ4v) is 5.66. The van der Waals surface area contributed by atoms with E-state index in [9.17, 15) is 9.59 Å². The van der Waals surface area contributed by atoms with E-state index >= 15 is 0 Å². The molecule has 196 valence electrons. The number of carbonyl (C=O) groups is 2. The van der Waals surface area contributed by atoms with Crippen LogP contribution in [-0.2, 0) is 27.5 Å². The molecule has 0 saturated heterocycles. The van der Waals surface area contributed by atoms with Crippen molar-refractivity contribution in [3.63, 3.8) is 0 Å². The van der Waals surface area contributed by atoms with E-state index in [1.54, 1.807) is 0 Å². The Morgan fingerprint density at radius 2 is 0.897 bits per heavy atom. The van der Waals surface area contributed by atoms with Crippen molar-refractivity contribution >= 4 is 11.9 Å². The van der Waals surface area contributed by atoms with E-state index in [-0.39, 0.29) is 11.9 Å². The molecule has 4 aromatic carbocycles. The highest BCUT2D eigenvalue weighted by atomic mass is 16.5. The van der Waals surface area contributed by atoms with Crippen LogP contribution in [0, 0.1) is 27.7 Å². The van der Waals surface area contributed by atoms with Gasteiger partial charge in [0.2, 0.25) is 0 Å². The summed E-state index contributed by atoms with van der Waals surface area (Å²) in [4.78, 5) is 25.4. The lowest BCUT2D eigenvalue weighted by Gasteiger charge is -2.13. The van der Waals surface area contributed by atoms with Crippen LogP contribution >= 0.6 is 0 Å². The monoisotopic (exact) mass is 518 g/mol. The van der Waals surface area contributed by atoms with Gasteiger partial charge in [-0.1, -0.05) is 72.8 Å². The molecule has 0 spiro atoms. The summed E-state index contributed by atoms with van der Waals surface area (Å²) < 4.78 is 17.2. The SMILES string of the molecule is Cc1ccc(C)c2c1OC(=O)C2c1ccc(COCc2ccc(C3C(=O)Oc4c(C)ccc(C)c43)cc2)cc1. The minimum Gasteiger partial charge on any atom is -0.425 e. The lowest BCUT2D eigenvalue weighted by Crippen LogP contribution is -2.12. The molecule has 0 fully saturated rings. The Hall–Kier alpha value is -4.22. The summed E-state index contributed by atoms with van der Waals surface area (Å²) in [6.07, 6.45) is 0. The van der Waals surface area contributed by atoms with Crippen molar-refractivity contribution in [3.05, 3.63) is 128 Å². The Balaban J connectivity index is 1.10. The number of hydrogen-bond donors (Lipinski definition) is 0. The van der Waals surface area contributed by atoms with E-state index in [0.717, 1.165) is 55.6 Å². The standard InChI is InChI=1S/C34H30O5/c1-19-5-7-21(3)31-27(19)29(33(35)38-31)25-13-9-23(10-14-25)17-37-18-24-11-15-26(16-12-24)30-28-20(2)6-8-22(4)32(28)39-34(30)36/h5-16,29-30H,17-18H2,1-4H3. The van der Waals surface area contributed by atoms with Crippen molar-refractivity contribution in [1.29, 1.82) is 0 Å². The molecule has 2 heterocycles. The van der Waals surface area contributed by atoms with E-state index < -0.39 is 11.8 Å². The fraction of sp³-hybridized carbons (Fsp3) is 0.235. The van der Waals surface area contributed by atoms with Crippen molar-refractivity contribution in [1.82, 2.24) is 0 Å². The average molecular weight is 519 g/mol. The van der Waals surface area contributed by atoms with Gasteiger partial charge in [-0.05, 0) is 72.2 Å². The zero-order valence-corrected chi connectivity index (χ0v) is 22.5. The molecule has 0 amide bonds. The van der Waals surface area contributed by atoms with E-state index in [4.69, 9.17) is 14.2 Å². The van der Waals surface area contributed by atoms with Gasteiger partial charge in [0, 0.05) is 11.1 Å². The topological polar surface area (TPSA) is 61.8 Å². The normalized spacial score (nSPS) is 17.5. The van der Waals surface area contributed by atoms with E-state index in [2.05, 4.69) is 0 Å². The molecule has 5 heteroatoms. The van der Waals surface area contributed by atoms with Crippen LogP contribution in [0.1, 0.15) is 67.5 Å². The minimum atomic E-state index is -0.398. The molecular weight excluding hydrogens is 488 g/mol. The van der Waals surface area contributed by atoms with Gasteiger partial charge in [-0.2, -0.15) is 0 Å². The van der Waals surface area contributed by atoms with Gasteiger partial charge in [0.05, 0.1) is 13.2 Å². The maximum absolute atomic E-state index is 12.7. The van der Waals surface area contributed by atoms with Crippen LogP contribution in [0.3, 0.4) is 0 Å². The molecule has 0 radical (unpaired) electrons. The number of ether oxygens (including phenoxy) is 3. The Kier molecular flexibility index (Phi) is 6.32. The number of hydrogen-bond acceptors (Lipinski definition) is 5. The number of esters is 2. The summed E-state index contributed by atoms with van der Waals surface area (Å²) in [5, 5.41) is 0. The summed E-state index contributed by atoms with van der Waals surface area (Å²) in [7, 11) is 0. The first kappa shape index (κ1) is 25.1. The number of aryl methyl sites for hydroxylation is 4. The maximum Gasteiger partial charge on any atom is 0.323 e. The molecular formula is C34H30O5. The Morgan fingerprint density at radius 3 is 1.28 bits per heavy atom. The molecule has 0 aliphatic carbocycles. The van der Waals surface area contributed by atoms with Crippen LogP contribution in [0.25, 0.3) is 0 Å². The van der Waals surface area contributed by atoms with Gasteiger partial charge in [0.15, 0.2) is 0 Å². The average Bonchev–Trinajstić information content (AvgIpc) is 3.48. The van der Waals surface area contributed by atoms with Gasteiger partial charge in [-0.15, -0.1) is 0 Å².